The normalized spacial score (nSPS) is 18.0. The number of esters is 1. The maximum atomic E-state index is 12.0. The van der Waals surface area contributed by atoms with Gasteiger partial charge in [0.1, 0.15) is 12.3 Å². The summed E-state index contributed by atoms with van der Waals surface area (Å²) in [4.78, 5) is 28.0. The lowest BCUT2D eigenvalue weighted by atomic mass is 10.2. The van der Waals surface area contributed by atoms with E-state index >= 15 is 0 Å². The fourth-order valence-corrected chi connectivity index (χ4v) is 2.54. The molecule has 0 unspecified atom stereocenters. The monoisotopic (exact) mass is 352 g/mol. The molecule has 0 spiro atoms. The number of halogens is 1. The lowest BCUT2D eigenvalue weighted by Crippen LogP contribution is -2.23. The van der Waals surface area contributed by atoms with E-state index in [1.54, 1.807) is 18.3 Å². The summed E-state index contributed by atoms with van der Waals surface area (Å²) < 4.78 is 12.6. The lowest BCUT2D eigenvalue weighted by Gasteiger charge is -2.09. The molecule has 1 aliphatic heterocycles. The number of hydrogen-bond acceptors (Lipinski definition) is 5. The fraction of sp³-hybridized carbons (Fsp3) is 0.357. The third kappa shape index (κ3) is 3.14. The standard InChI is InChI=1S/C14H13BrN2O4/c15-9-3-4-12-16-10(6-13(18)17(12)7-9)8-21-14(19)11-2-1-5-20-11/h3-4,6-7,11H,1-2,5,8H2/t11-/m0/s1. The minimum Gasteiger partial charge on any atom is -0.457 e. The predicted molar refractivity (Wildman–Crippen MR) is 77.9 cm³/mol. The quantitative estimate of drug-likeness (QED) is 0.786. The van der Waals surface area contributed by atoms with Gasteiger partial charge < -0.3 is 9.47 Å². The Labute approximate surface area is 128 Å². The van der Waals surface area contributed by atoms with Gasteiger partial charge in [0.2, 0.25) is 0 Å². The zero-order valence-electron chi connectivity index (χ0n) is 11.1. The van der Waals surface area contributed by atoms with Gasteiger partial charge in [-0.15, -0.1) is 0 Å². The van der Waals surface area contributed by atoms with Gasteiger partial charge in [0.05, 0.1) is 5.69 Å². The molecule has 3 rings (SSSR count). The van der Waals surface area contributed by atoms with E-state index in [0.29, 0.717) is 24.4 Å². The Morgan fingerprint density at radius 2 is 2.38 bits per heavy atom. The average molecular weight is 353 g/mol. The van der Waals surface area contributed by atoms with Crippen molar-refractivity contribution in [3.8, 4) is 0 Å². The second kappa shape index (κ2) is 5.95. The largest absolute Gasteiger partial charge is 0.457 e. The number of pyridine rings is 1. The first kappa shape index (κ1) is 14.2. The SMILES string of the molecule is O=C(OCc1cc(=O)n2cc(Br)ccc2n1)[C@@H]1CCCO1. The van der Waals surface area contributed by atoms with Crippen molar-refractivity contribution >= 4 is 27.5 Å². The van der Waals surface area contributed by atoms with Crippen LogP contribution >= 0.6 is 15.9 Å². The molecule has 7 heteroatoms. The first-order valence-corrected chi connectivity index (χ1v) is 7.39. The number of ether oxygens (including phenoxy) is 2. The molecule has 0 aromatic carbocycles. The molecule has 1 atom stereocenters. The second-order valence-corrected chi connectivity index (χ2v) is 5.69. The molecule has 110 valence electrons. The molecule has 0 bridgehead atoms. The van der Waals surface area contributed by atoms with Gasteiger partial charge in [0.15, 0.2) is 6.10 Å². The molecule has 1 saturated heterocycles. The van der Waals surface area contributed by atoms with E-state index in [1.807, 2.05) is 0 Å². The summed E-state index contributed by atoms with van der Waals surface area (Å²) in [6, 6.07) is 4.88. The summed E-state index contributed by atoms with van der Waals surface area (Å²) in [5, 5.41) is 0. The van der Waals surface area contributed by atoms with Crippen LogP contribution in [-0.2, 0) is 20.9 Å². The minimum atomic E-state index is -0.484. The van der Waals surface area contributed by atoms with Crippen LogP contribution in [0, 0.1) is 0 Å². The minimum absolute atomic E-state index is 0.0273. The van der Waals surface area contributed by atoms with Gasteiger partial charge in [-0.3, -0.25) is 9.20 Å². The van der Waals surface area contributed by atoms with Crippen molar-refractivity contribution in [3.63, 3.8) is 0 Å². The van der Waals surface area contributed by atoms with Gasteiger partial charge in [-0.25, -0.2) is 9.78 Å². The van der Waals surface area contributed by atoms with Crippen molar-refractivity contribution in [3.05, 3.63) is 44.9 Å². The Bertz CT molecular complexity index is 737. The summed E-state index contributed by atoms with van der Waals surface area (Å²) in [5.41, 5.74) is 0.715. The van der Waals surface area contributed by atoms with Crippen LogP contribution in [0.1, 0.15) is 18.5 Å². The molecule has 0 N–H and O–H groups in total. The van der Waals surface area contributed by atoms with Gasteiger partial charge >= 0.3 is 5.97 Å². The zero-order valence-corrected chi connectivity index (χ0v) is 12.7. The Morgan fingerprint density at radius 3 is 3.14 bits per heavy atom. The Balaban J connectivity index is 1.76. The summed E-state index contributed by atoms with van der Waals surface area (Å²) in [6.07, 6.45) is 2.71. The van der Waals surface area contributed by atoms with Crippen molar-refractivity contribution in [2.45, 2.75) is 25.6 Å². The van der Waals surface area contributed by atoms with E-state index in [2.05, 4.69) is 20.9 Å². The van der Waals surface area contributed by atoms with Crippen molar-refractivity contribution in [2.75, 3.05) is 6.61 Å². The highest BCUT2D eigenvalue weighted by atomic mass is 79.9. The molecule has 3 heterocycles. The van der Waals surface area contributed by atoms with E-state index in [9.17, 15) is 9.59 Å². The van der Waals surface area contributed by atoms with Crippen LogP contribution in [0.5, 0.6) is 0 Å². The number of carbonyl (C=O) groups is 1. The van der Waals surface area contributed by atoms with Crippen LogP contribution in [0.2, 0.25) is 0 Å². The van der Waals surface area contributed by atoms with Gasteiger partial charge in [0.25, 0.3) is 5.56 Å². The van der Waals surface area contributed by atoms with Crippen molar-refractivity contribution in [1.29, 1.82) is 0 Å². The molecule has 21 heavy (non-hydrogen) atoms. The van der Waals surface area contributed by atoms with E-state index in [0.717, 1.165) is 10.9 Å². The third-order valence-corrected chi connectivity index (χ3v) is 3.70. The van der Waals surface area contributed by atoms with Crippen LogP contribution in [0.25, 0.3) is 5.65 Å². The molecular formula is C14H13BrN2O4. The highest BCUT2D eigenvalue weighted by Crippen LogP contribution is 2.14. The molecule has 2 aromatic rings. The zero-order chi connectivity index (χ0) is 14.8. The maximum Gasteiger partial charge on any atom is 0.335 e. The maximum absolute atomic E-state index is 12.0. The van der Waals surface area contributed by atoms with Crippen LogP contribution in [0.15, 0.2) is 33.7 Å². The number of rotatable bonds is 3. The Morgan fingerprint density at radius 1 is 1.52 bits per heavy atom. The molecule has 2 aromatic heterocycles. The summed E-state index contributed by atoms with van der Waals surface area (Å²) >= 11 is 3.30. The first-order valence-electron chi connectivity index (χ1n) is 6.59. The van der Waals surface area contributed by atoms with Gasteiger partial charge in [-0.05, 0) is 40.9 Å². The van der Waals surface area contributed by atoms with Crippen molar-refractivity contribution in [2.24, 2.45) is 0 Å². The molecular weight excluding hydrogens is 340 g/mol. The lowest BCUT2D eigenvalue weighted by molar-refractivity contribution is -0.155. The topological polar surface area (TPSA) is 69.9 Å². The Kier molecular flexibility index (Phi) is 4.03. The smallest absolute Gasteiger partial charge is 0.335 e. The van der Waals surface area contributed by atoms with Crippen LogP contribution < -0.4 is 5.56 Å². The number of carbonyl (C=O) groups excluding carboxylic acids is 1. The first-order chi connectivity index (χ1) is 10.1. The molecule has 6 nitrogen and oxygen atoms in total. The van der Waals surface area contributed by atoms with E-state index in [1.165, 1.54) is 10.5 Å². The molecule has 0 aliphatic carbocycles. The van der Waals surface area contributed by atoms with Crippen molar-refractivity contribution < 1.29 is 14.3 Å². The molecule has 0 saturated carbocycles. The van der Waals surface area contributed by atoms with Gasteiger partial charge in [0, 0.05) is 23.3 Å². The highest BCUT2D eigenvalue weighted by Gasteiger charge is 2.25. The third-order valence-electron chi connectivity index (χ3n) is 3.23. The number of aromatic nitrogens is 2. The predicted octanol–water partition coefficient (Wildman–Crippen LogP) is 1.68. The Hall–Kier alpha value is -1.73. The average Bonchev–Trinajstić information content (AvgIpc) is 3.00. The summed E-state index contributed by atoms with van der Waals surface area (Å²) in [5.74, 6) is -0.398. The molecule has 0 amide bonds. The second-order valence-electron chi connectivity index (χ2n) is 4.77. The number of nitrogens with zero attached hydrogens (tertiary/aromatic N) is 2. The number of fused-ring (bicyclic) bond motifs is 1. The van der Waals surface area contributed by atoms with E-state index < -0.39 is 12.1 Å². The fourth-order valence-electron chi connectivity index (χ4n) is 2.20. The van der Waals surface area contributed by atoms with Crippen LogP contribution in [0.3, 0.4) is 0 Å². The molecule has 1 fully saturated rings. The summed E-state index contributed by atoms with van der Waals surface area (Å²) in [7, 11) is 0. The number of hydrogen-bond donors (Lipinski definition) is 0. The van der Waals surface area contributed by atoms with Gasteiger partial charge in [-0.1, -0.05) is 0 Å². The van der Waals surface area contributed by atoms with Crippen LogP contribution in [-0.4, -0.2) is 28.1 Å². The van der Waals surface area contributed by atoms with E-state index in [-0.39, 0.29) is 12.2 Å². The van der Waals surface area contributed by atoms with Gasteiger partial charge in [-0.2, -0.15) is 0 Å². The molecule has 0 radical (unpaired) electrons. The highest BCUT2D eigenvalue weighted by molar-refractivity contribution is 9.10. The summed E-state index contributed by atoms with van der Waals surface area (Å²) in [6.45, 7) is 0.560. The molecule has 1 aliphatic rings. The van der Waals surface area contributed by atoms with Crippen LogP contribution in [0.4, 0.5) is 0 Å². The van der Waals surface area contributed by atoms with Crippen molar-refractivity contribution in [1.82, 2.24) is 9.38 Å². The van der Waals surface area contributed by atoms with E-state index in [4.69, 9.17) is 9.47 Å².